The Balaban J connectivity index is 1.82. The van der Waals surface area contributed by atoms with Crippen molar-refractivity contribution in [3.8, 4) is 5.75 Å². The van der Waals surface area contributed by atoms with Gasteiger partial charge in [-0.15, -0.1) is 0 Å². The number of esters is 1. The maximum absolute atomic E-state index is 11.8. The summed E-state index contributed by atoms with van der Waals surface area (Å²) in [4.78, 5) is 33.9. The van der Waals surface area contributed by atoms with E-state index < -0.39 is 23.4 Å². The summed E-state index contributed by atoms with van der Waals surface area (Å²) >= 11 is 0. The van der Waals surface area contributed by atoms with Crippen LogP contribution in [-0.4, -0.2) is 30.0 Å². The maximum atomic E-state index is 11.8. The number of aryl methyl sites for hydroxylation is 3. The Morgan fingerprint density at radius 2 is 1.70 bits per heavy atom. The number of carbonyl (C=O) groups excluding carboxylic acids is 2. The van der Waals surface area contributed by atoms with Gasteiger partial charge in [-0.05, 0) is 50.1 Å². The quantitative estimate of drug-likeness (QED) is 0.455. The first kappa shape index (κ1) is 19.9. The number of carbonyl (C=O) groups is 2. The lowest BCUT2D eigenvalue weighted by atomic mass is 10.1. The van der Waals surface area contributed by atoms with E-state index in [9.17, 15) is 19.7 Å². The normalized spacial score (nSPS) is 10.2. The van der Waals surface area contributed by atoms with Crippen molar-refractivity contribution in [3.63, 3.8) is 0 Å². The number of anilines is 1. The molecule has 8 nitrogen and oxygen atoms in total. The van der Waals surface area contributed by atoms with Gasteiger partial charge < -0.3 is 14.8 Å². The Hall–Kier alpha value is -3.42. The van der Waals surface area contributed by atoms with Gasteiger partial charge in [0.25, 0.3) is 11.6 Å². The molecular weight excluding hydrogens is 352 g/mol. The molecule has 2 aromatic carbocycles. The molecule has 0 heterocycles. The monoisotopic (exact) mass is 372 g/mol. The van der Waals surface area contributed by atoms with E-state index in [4.69, 9.17) is 9.47 Å². The van der Waals surface area contributed by atoms with E-state index in [-0.39, 0.29) is 18.0 Å². The van der Waals surface area contributed by atoms with Crippen molar-refractivity contribution in [2.75, 3.05) is 18.5 Å². The molecule has 8 heteroatoms. The third-order valence-electron chi connectivity index (χ3n) is 3.61. The minimum atomic E-state index is -0.695. The topological polar surface area (TPSA) is 108 Å². The van der Waals surface area contributed by atoms with Crippen molar-refractivity contribution in [3.05, 3.63) is 63.2 Å². The average Bonchev–Trinajstić information content (AvgIpc) is 2.59. The van der Waals surface area contributed by atoms with E-state index in [2.05, 4.69) is 5.32 Å². The predicted molar refractivity (Wildman–Crippen MR) is 98.8 cm³/mol. The molecular formula is C19H20N2O6. The van der Waals surface area contributed by atoms with Crippen LogP contribution in [-0.2, 0) is 14.3 Å². The van der Waals surface area contributed by atoms with Crippen molar-refractivity contribution in [2.45, 2.75) is 20.8 Å². The van der Waals surface area contributed by atoms with Crippen molar-refractivity contribution in [1.29, 1.82) is 0 Å². The molecule has 0 unspecified atom stereocenters. The smallest absolute Gasteiger partial charge is 0.344 e. The molecule has 1 N–H and O–H groups in total. The van der Waals surface area contributed by atoms with E-state index in [1.807, 2.05) is 19.9 Å². The Labute approximate surface area is 156 Å². The Morgan fingerprint density at radius 3 is 2.33 bits per heavy atom. The van der Waals surface area contributed by atoms with Gasteiger partial charge in [-0.3, -0.25) is 14.9 Å². The number of ether oxygens (including phenoxy) is 2. The SMILES string of the molecule is Cc1cc(C)cc(OCC(=O)OCC(=O)Nc2ccc(C)c([N+](=O)[O-])c2)c1. The Morgan fingerprint density at radius 1 is 1.04 bits per heavy atom. The molecule has 0 spiro atoms. The van der Waals surface area contributed by atoms with Gasteiger partial charge in [-0.25, -0.2) is 4.79 Å². The van der Waals surface area contributed by atoms with Gasteiger partial charge in [0.1, 0.15) is 5.75 Å². The lowest BCUT2D eigenvalue weighted by Gasteiger charge is -2.09. The second-order valence-corrected chi connectivity index (χ2v) is 6.08. The summed E-state index contributed by atoms with van der Waals surface area (Å²) in [7, 11) is 0. The van der Waals surface area contributed by atoms with Crippen molar-refractivity contribution in [2.24, 2.45) is 0 Å². The molecule has 2 aromatic rings. The number of hydrogen-bond donors (Lipinski definition) is 1. The van der Waals surface area contributed by atoms with E-state index >= 15 is 0 Å². The lowest BCUT2D eigenvalue weighted by Crippen LogP contribution is -2.23. The highest BCUT2D eigenvalue weighted by Crippen LogP contribution is 2.22. The molecule has 0 saturated heterocycles. The van der Waals surface area contributed by atoms with E-state index in [1.54, 1.807) is 19.1 Å². The van der Waals surface area contributed by atoms with Crippen molar-refractivity contribution < 1.29 is 24.0 Å². The van der Waals surface area contributed by atoms with Gasteiger partial charge in [0, 0.05) is 17.3 Å². The fraction of sp³-hybridized carbons (Fsp3) is 0.263. The molecule has 142 valence electrons. The van der Waals surface area contributed by atoms with Crippen LogP contribution < -0.4 is 10.1 Å². The highest BCUT2D eigenvalue weighted by Gasteiger charge is 2.13. The first-order valence-corrected chi connectivity index (χ1v) is 8.16. The molecule has 2 rings (SSSR count). The Kier molecular flexibility index (Phi) is 6.48. The predicted octanol–water partition coefficient (Wildman–Crippen LogP) is 3.08. The van der Waals surface area contributed by atoms with Gasteiger partial charge in [0.2, 0.25) is 0 Å². The number of rotatable bonds is 7. The van der Waals surface area contributed by atoms with E-state index in [0.717, 1.165) is 11.1 Å². The molecule has 0 bridgehead atoms. The number of nitrogens with one attached hydrogen (secondary N) is 1. The lowest BCUT2D eigenvalue weighted by molar-refractivity contribution is -0.385. The molecule has 0 fully saturated rings. The summed E-state index contributed by atoms with van der Waals surface area (Å²) < 4.78 is 10.2. The van der Waals surface area contributed by atoms with Gasteiger partial charge in [0.05, 0.1) is 4.92 Å². The number of amides is 1. The fourth-order valence-electron chi connectivity index (χ4n) is 2.43. The van der Waals surface area contributed by atoms with Crippen LogP contribution in [0.4, 0.5) is 11.4 Å². The van der Waals surface area contributed by atoms with Crippen molar-refractivity contribution in [1.82, 2.24) is 0 Å². The van der Waals surface area contributed by atoms with Crippen LogP contribution in [0.15, 0.2) is 36.4 Å². The minimum Gasteiger partial charge on any atom is -0.482 e. The summed E-state index contributed by atoms with van der Waals surface area (Å²) in [6.45, 7) is 4.58. The molecule has 0 aliphatic rings. The second kappa shape index (κ2) is 8.79. The molecule has 0 aliphatic heterocycles. The maximum Gasteiger partial charge on any atom is 0.344 e. The van der Waals surface area contributed by atoms with Gasteiger partial charge in [0.15, 0.2) is 13.2 Å². The highest BCUT2D eigenvalue weighted by atomic mass is 16.6. The standard InChI is InChI=1S/C19H20N2O6/c1-12-6-13(2)8-16(7-12)26-11-19(23)27-10-18(22)20-15-5-4-14(3)17(9-15)21(24)25/h4-9H,10-11H2,1-3H3,(H,20,22). The van der Waals surface area contributed by atoms with Gasteiger partial charge >= 0.3 is 5.97 Å². The van der Waals surface area contributed by atoms with Crippen LogP contribution in [0, 0.1) is 30.9 Å². The van der Waals surface area contributed by atoms with Crippen LogP contribution in [0.5, 0.6) is 5.75 Å². The molecule has 1 amide bonds. The highest BCUT2D eigenvalue weighted by molar-refractivity contribution is 5.93. The summed E-state index contributed by atoms with van der Waals surface area (Å²) in [5.74, 6) is -0.757. The zero-order valence-electron chi connectivity index (χ0n) is 15.3. The van der Waals surface area contributed by atoms with Crippen LogP contribution in [0.1, 0.15) is 16.7 Å². The third kappa shape index (κ3) is 6.10. The van der Waals surface area contributed by atoms with Crippen molar-refractivity contribution >= 4 is 23.3 Å². The zero-order chi connectivity index (χ0) is 20.0. The summed E-state index contributed by atoms with van der Waals surface area (Å²) in [6, 6.07) is 9.86. The first-order chi connectivity index (χ1) is 12.7. The number of hydrogen-bond acceptors (Lipinski definition) is 6. The number of nitrogens with zero attached hydrogens (tertiary/aromatic N) is 1. The first-order valence-electron chi connectivity index (χ1n) is 8.16. The summed E-state index contributed by atoms with van der Waals surface area (Å²) in [5.41, 5.74) is 2.63. The fourth-order valence-corrected chi connectivity index (χ4v) is 2.43. The van der Waals surface area contributed by atoms with E-state index in [0.29, 0.717) is 11.3 Å². The molecule has 0 atom stereocenters. The molecule has 0 aromatic heterocycles. The van der Waals surface area contributed by atoms with Crippen LogP contribution >= 0.6 is 0 Å². The number of nitro benzene ring substituents is 1. The molecule has 0 radical (unpaired) electrons. The van der Waals surface area contributed by atoms with Crippen LogP contribution in [0.3, 0.4) is 0 Å². The van der Waals surface area contributed by atoms with Crippen LogP contribution in [0.25, 0.3) is 0 Å². The second-order valence-electron chi connectivity index (χ2n) is 6.08. The minimum absolute atomic E-state index is 0.105. The summed E-state index contributed by atoms with van der Waals surface area (Å²) in [5, 5.41) is 13.4. The molecule has 27 heavy (non-hydrogen) atoms. The zero-order valence-corrected chi connectivity index (χ0v) is 15.3. The van der Waals surface area contributed by atoms with E-state index in [1.165, 1.54) is 18.2 Å². The molecule has 0 aliphatic carbocycles. The Bertz CT molecular complexity index is 858. The summed E-state index contributed by atoms with van der Waals surface area (Å²) in [6.07, 6.45) is 0. The average molecular weight is 372 g/mol. The van der Waals surface area contributed by atoms with Gasteiger partial charge in [-0.2, -0.15) is 0 Å². The van der Waals surface area contributed by atoms with Crippen LogP contribution in [0.2, 0.25) is 0 Å². The molecule has 0 saturated carbocycles. The number of nitro groups is 1. The number of benzene rings is 2. The van der Waals surface area contributed by atoms with Gasteiger partial charge in [-0.1, -0.05) is 12.1 Å². The third-order valence-corrected chi connectivity index (χ3v) is 3.61. The largest absolute Gasteiger partial charge is 0.482 e.